The fourth-order valence-electron chi connectivity index (χ4n) is 1.63. The summed E-state index contributed by atoms with van der Waals surface area (Å²) in [7, 11) is 1.65. The Morgan fingerprint density at radius 3 is 2.36 bits per heavy atom. The standard InChI is InChI=1S/C8H14O3/c1-5-7(4-9)11-6(2)8(5)10-3/h4-8H,1-3H3/t5?,6-,7+,8-/m0/s1. The van der Waals surface area contributed by atoms with Gasteiger partial charge in [0.1, 0.15) is 12.4 Å². The third-order valence-corrected chi connectivity index (χ3v) is 2.28. The van der Waals surface area contributed by atoms with Crippen molar-refractivity contribution >= 4 is 6.29 Å². The molecule has 0 radical (unpaired) electrons. The van der Waals surface area contributed by atoms with E-state index in [1.165, 1.54) is 0 Å². The van der Waals surface area contributed by atoms with Crippen LogP contribution in [0.3, 0.4) is 0 Å². The number of rotatable bonds is 2. The molecule has 0 aromatic carbocycles. The smallest absolute Gasteiger partial charge is 0.149 e. The van der Waals surface area contributed by atoms with Gasteiger partial charge in [-0.25, -0.2) is 0 Å². The topological polar surface area (TPSA) is 35.5 Å². The van der Waals surface area contributed by atoms with Gasteiger partial charge in [0.15, 0.2) is 0 Å². The molecular formula is C8H14O3. The SMILES string of the molecule is CO[C@H]1C(C)[C@@H](C=O)O[C@H]1C. The molecule has 0 bridgehead atoms. The molecule has 1 unspecified atom stereocenters. The van der Waals surface area contributed by atoms with Gasteiger partial charge in [0.2, 0.25) is 0 Å². The van der Waals surface area contributed by atoms with Crippen LogP contribution in [0.25, 0.3) is 0 Å². The monoisotopic (exact) mass is 158 g/mol. The lowest BCUT2D eigenvalue weighted by molar-refractivity contribution is -0.118. The van der Waals surface area contributed by atoms with Crippen LogP contribution in [0.4, 0.5) is 0 Å². The highest BCUT2D eigenvalue weighted by Crippen LogP contribution is 2.27. The van der Waals surface area contributed by atoms with E-state index < -0.39 is 0 Å². The van der Waals surface area contributed by atoms with Crippen LogP contribution in [0.5, 0.6) is 0 Å². The molecule has 0 amide bonds. The summed E-state index contributed by atoms with van der Waals surface area (Å²) in [5, 5.41) is 0. The second-order valence-corrected chi connectivity index (χ2v) is 3.00. The minimum Gasteiger partial charge on any atom is -0.378 e. The molecule has 1 saturated heterocycles. The van der Waals surface area contributed by atoms with Gasteiger partial charge in [-0.2, -0.15) is 0 Å². The van der Waals surface area contributed by atoms with Crippen molar-refractivity contribution in [3.63, 3.8) is 0 Å². The first-order valence-corrected chi connectivity index (χ1v) is 3.84. The van der Waals surface area contributed by atoms with Crippen molar-refractivity contribution in [3.8, 4) is 0 Å². The van der Waals surface area contributed by atoms with E-state index in [9.17, 15) is 4.79 Å². The largest absolute Gasteiger partial charge is 0.378 e. The van der Waals surface area contributed by atoms with Crippen LogP contribution in [0.1, 0.15) is 13.8 Å². The minimum absolute atomic E-state index is 0.0326. The Balaban J connectivity index is 2.62. The van der Waals surface area contributed by atoms with E-state index in [-0.39, 0.29) is 24.2 Å². The molecule has 1 fully saturated rings. The van der Waals surface area contributed by atoms with Gasteiger partial charge < -0.3 is 14.3 Å². The maximum atomic E-state index is 10.4. The van der Waals surface area contributed by atoms with Crippen molar-refractivity contribution in [2.75, 3.05) is 7.11 Å². The fraction of sp³-hybridized carbons (Fsp3) is 0.875. The third-order valence-electron chi connectivity index (χ3n) is 2.28. The molecule has 0 saturated carbocycles. The summed E-state index contributed by atoms with van der Waals surface area (Å²) in [4.78, 5) is 10.4. The highest BCUT2D eigenvalue weighted by molar-refractivity contribution is 5.57. The highest BCUT2D eigenvalue weighted by Gasteiger charge is 2.39. The second-order valence-electron chi connectivity index (χ2n) is 3.00. The van der Waals surface area contributed by atoms with Gasteiger partial charge in [-0.05, 0) is 6.92 Å². The van der Waals surface area contributed by atoms with E-state index in [0.29, 0.717) is 0 Å². The molecule has 0 spiro atoms. The predicted molar refractivity (Wildman–Crippen MR) is 40.4 cm³/mol. The van der Waals surface area contributed by atoms with E-state index in [2.05, 4.69) is 0 Å². The number of aldehydes is 1. The van der Waals surface area contributed by atoms with Gasteiger partial charge in [0.25, 0.3) is 0 Å². The Hall–Kier alpha value is -0.410. The molecular weight excluding hydrogens is 144 g/mol. The zero-order valence-electron chi connectivity index (χ0n) is 7.11. The lowest BCUT2D eigenvalue weighted by Gasteiger charge is -2.15. The predicted octanol–water partition coefficient (Wildman–Crippen LogP) is 0.624. The molecule has 0 aromatic rings. The molecule has 0 N–H and O–H groups in total. The first-order chi connectivity index (χ1) is 5.20. The van der Waals surface area contributed by atoms with Crippen molar-refractivity contribution in [2.24, 2.45) is 5.92 Å². The molecule has 3 heteroatoms. The lowest BCUT2D eigenvalue weighted by atomic mass is 10.00. The first-order valence-electron chi connectivity index (χ1n) is 3.84. The zero-order valence-corrected chi connectivity index (χ0v) is 7.11. The Morgan fingerprint density at radius 1 is 1.45 bits per heavy atom. The summed E-state index contributed by atoms with van der Waals surface area (Å²) in [5.74, 6) is 0.174. The van der Waals surface area contributed by atoms with Crippen LogP contribution in [-0.4, -0.2) is 31.7 Å². The summed E-state index contributed by atoms with van der Waals surface area (Å²) >= 11 is 0. The molecule has 64 valence electrons. The minimum atomic E-state index is -0.282. The molecule has 1 aliphatic heterocycles. The van der Waals surface area contributed by atoms with Crippen molar-refractivity contribution in [3.05, 3.63) is 0 Å². The molecule has 0 aromatic heterocycles. The molecule has 11 heavy (non-hydrogen) atoms. The van der Waals surface area contributed by atoms with Gasteiger partial charge in [-0.3, -0.25) is 0 Å². The average molecular weight is 158 g/mol. The molecule has 4 atom stereocenters. The number of methoxy groups -OCH3 is 1. The van der Waals surface area contributed by atoms with Crippen LogP contribution >= 0.6 is 0 Å². The zero-order chi connectivity index (χ0) is 8.43. The Morgan fingerprint density at radius 2 is 2.09 bits per heavy atom. The Labute approximate surface area is 66.7 Å². The maximum absolute atomic E-state index is 10.4. The van der Waals surface area contributed by atoms with E-state index >= 15 is 0 Å². The molecule has 1 aliphatic rings. The van der Waals surface area contributed by atoms with E-state index in [1.807, 2.05) is 13.8 Å². The van der Waals surface area contributed by atoms with Crippen LogP contribution in [0, 0.1) is 5.92 Å². The maximum Gasteiger partial charge on any atom is 0.149 e. The van der Waals surface area contributed by atoms with Crippen molar-refractivity contribution in [1.82, 2.24) is 0 Å². The number of carbonyl (C=O) groups excluding carboxylic acids is 1. The lowest BCUT2D eigenvalue weighted by Crippen LogP contribution is -2.26. The van der Waals surface area contributed by atoms with Gasteiger partial charge >= 0.3 is 0 Å². The Kier molecular flexibility index (Phi) is 2.62. The molecule has 0 aliphatic carbocycles. The van der Waals surface area contributed by atoms with Gasteiger partial charge in [0, 0.05) is 13.0 Å². The normalized spacial score (nSPS) is 44.3. The molecule has 1 rings (SSSR count). The van der Waals surface area contributed by atoms with Crippen LogP contribution in [-0.2, 0) is 14.3 Å². The van der Waals surface area contributed by atoms with Gasteiger partial charge in [0.05, 0.1) is 12.2 Å². The van der Waals surface area contributed by atoms with Crippen molar-refractivity contribution < 1.29 is 14.3 Å². The van der Waals surface area contributed by atoms with Crippen molar-refractivity contribution in [1.29, 1.82) is 0 Å². The van der Waals surface area contributed by atoms with E-state index in [1.54, 1.807) is 7.11 Å². The summed E-state index contributed by atoms with van der Waals surface area (Å²) < 4.78 is 10.5. The molecule has 3 nitrogen and oxygen atoms in total. The van der Waals surface area contributed by atoms with Crippen LogP contribution < -0.4 is 0 Å². The van der Waals surface area contributed by atoms with Crippen LogP contribution in [0.15, 0.2) is 0 Å². The number of ether oxygens (including phenoxy) is 2. The number of hydrogen-bond donors (Lipinski definition) is 0. The first kappa shape index (κ1) is 8.68. The fourth-order valence-corrected chi connectivity index (χ4v) is 1.63. The van der Waals surface area contributed by atoms with E-state index in [0.717, 1.165) is 6.29 Å². The van der Waals surface area contributed by atoms with Gasteiger partial charge in [-0.1, -0.05) is 6.92 Å². The molecule has 1 heterocycles. The third kappa shape index (κ3) is 1.44. The highest BCUT2D eigenvalue weighted by atomic mass is 16.6. The average Bonchev–Trinajstić information content (AvgIpc) is 2.26. The number of carbonyl (C=O) groups is 1. The summed E-state index contributed by atoms with van der Waals surface area (Å²) in [6, 6.07) is 0. The van der Waals surface area contributed by atoms with Gasteiger partial charge in [-0.15, -0.1) is 0 Å². The summed E-state index contributed by atoms with van der Waals surface area (Å²) in [6.07, 6.45) is 0.658. The number of hydrogen-bond acceptors (Lipinski definition) is 3. The quantitative estimate of drug-likeness (QED) is 0.553. The summed E-state index contributed by atoms with van der Waals surface area (Å²) in [5.41, 5.74) is 0. The van der Waals surface area contributed by atoms with E-state index in [4.69, 9.17) is 9.47 Å². The summed E-state index contributed by atoms with van der Waals surface area (Å²) in [6.45, 7) is 3.89. The Bertz CT molecular complexity index is 146. The van der Waals surface area contributed by atoms with Crippen molar-refractivity contribution in [2.45, 2.75) is 32.2 Å². The van der Waals surface area contributed by atoms with Crippen LogP contribution in [0.2, 0.25) is 0 Å². The second kappa shape index (κ2) is 3.32.